The number of hydrogen-bond acceptors (Lipinski definition) is 4. The molecule has 5 nitrogen and oxygen atoms in total. The Bertz CT molecular complexity index is 953. The second kappa shape index (κ2) is 7.17. The molecule has 0 fully saturated rings. The normalized spacial score (nSPS) is 11.9. The van der Waals surface area contributed by atoms with Gasteiger partial charge in [-0.05, 0) is 36.4 Å². The van der Waals surface area contributed by atoms with Crippen molar-refractivity contribution in [2.75, 3.05) is 7.05 Å². The maximum Gasteiger partial charge on any atom is 0.416 e. The van der Waals surface area contributed by atoms with Crippen LogP contribution >= 0.6 is 11.6 Å². The number of benzene rings is 2. The van der Waals surface area contributed by atoms with Crippen LogP contribution in [0.4, 0.5) is 13.2 Å². The molecule has 0 spiro atoms. The first kappa shape index (κ1) is 17.9. The molecule has 0 amide bonds. The van der Waals surface area contributed by atoms with E-state index >= 15 is 0 Å². The number of halogens is 4. The summed E-state index contributed by atoms with van der Waals surface area (Å²) in [6, 6.07) is 9.41. The van der Waals surface area contributed by atoms with E-state index in [2.05, 4.69) is 20.4 Å². The van der Waals surface area contributed by atoms with Crippen molar-refractivity contribution in [2.45, 2.75) is 6.18 Å². The van der Waals surface area contributed by atoms with Crippen LogP contribution in [-0.2, 0) is 6.18 Å². The number of alkyl halides is 3. The predicted octanol–water partition coefficient (Wildman–Crippen LogP) is 4.98. The molecular weight excluding hydrogens is 369 g/mol. The smallest absolute Gasteiger partial charge is 0.416 e. The molecule has 2 aromatic carbocycles. The van der Waals surface area contributed by atoms with Crippen molar-refractivity contribution in [3.8, 4) is 22.8 Å². The summed E-state index contributed by atoms with van der Waals surface area (Å²) in [5, 5.41) is 10.6. The molecule has 0 atom stereocenters. The molecule has 3 aromatic rings. The van der Waals surface area contributed by atoms with Gasteiger partial charge in [-0.25, -0.2) is 0 Å². The third-order valence-corrected chi connectivity index (χ3v) is 3.72. The second-order valence-electron chi connectivity index (χ2n) is 5.23. The van der Waals surface area contributed by atoms with Crippen LogP contribution in [0, 0.1) is 0 Å². The molecule has 0 saturated carbocycles. The van der Waals surface area contributed by atoms with Gasteiger partial charge in [-0.15, -0.1) is 5.10 Å². The number of ether oxygens (including phenoxy) is 1. The standard InChI is InChI=1S/C17H12ClF3N4O/c1-22-9-14-16(24-25-23-14)10-5-6-15(13(18)7-10)26-12-4-2-3-11(8-12)17(19,20)21/h2-9H,1H3,(H,23,24,25)/b22-9+. The van der Waals surface area contributed by atoms with Gasteiger partial charge in [0.1, 0.15) is 22.9 Å². The topological polar surface area (TPSA) is 63.2 Å². The van der Waals surface area contributed by atoms with Crippen molar-refractivity contribution >= 4 is 17.8 Å². The largest absolute Gasteiger partial charge is 0.456 e. The number of nitrogens with zero attached hydrogens (tertiary/aromatic N) is 3. The van der Waals surface area contributed by atoms with Crippen molar-refractivity contribution in [3.05, 3.63) is 58.7 Å². The zero-order valence-electron chi connectivity index (χ0n) is 13.4. The number of H-pyrrole nitrogens is 1. The predicted molar refractivity (Wildman–Crippen MR) is 91.9 cm³/mol. The second-order valence-corrected chi connectivity index (χ2v) is 5.64. The first-order valence-electron chi connectivity index (χ1n) is 7.36. The molecule has 0 radical (unpaired) electrons. The van der Waals surface area contributed by atoms with E-state index in [-0.39, 0.29) is 16.5 Å². The number of nitrogens with one attached hydrogen (secondary N) is 1. The Morgan fingerprint density at radius 2 is 2.00 bits per heavy atom. The van der Waals surface area contributed by atoms with E-state index in [1.54, 1.807) is 31.5 Å². The Balaban J connectivity index is 1.88. The molecule has 0 bridgehead atoms. The average molecular weight is 381 g/mol. The molecule has 0 unspecified atom stereocenters. The highest BCUT2D eigenvalue weighted by atomic mass is 35.5. The van der Waals surface area contributed by atoms with Gasteiger partial charge in [0.2, 0.25) is 0 Å². The molecule has 26 heavy (non-hydrogen) atoms. The molecule has 0 aliphatic rings. The van der Waals surface area contributed by atoms with E-state index in [0.717, 1.165) is 12.1 Å². The van der Waals surface area contributed by atoms with Crippen LogP contribution in [0.2, 0.25) is 5.02 Å². The summed E-state index contributed by atoms with van der Waals surface area (Å²) in [5.41, 5.74) is 1.02. The first-order chi connectivity index (χ1) is 12.4. The maximum atomic E-state index is 12.8. The number of aromatic nitrogens is 3. The highest BCUT2D eigenvalue weighted by molar-refractivity contribution is 6.32. The lowest BCUT2D eigenvalue weighted by Gasteiger charge is -2.11. The Morgan fingerprint density at radius 3 is 2.69 bits per heavy atom. The zero-order chi connectivity index (χ0) is 18.7. The molecule has 1 N–H and O–H groups in total. The number of aromatic amines is 1. The fraction of sp³-hybridized carbons (Fsp3) is 0.118. The molecule has 134 valence electrons. The highest BCUT2D eigenvalue weighted by Gasteiger charge is 2.30. The van der Waals surface area contributed by atoms with Crippen molar-refractivity contribution in [2.24, 2.45) is 4.99 Å². The third kappa shape index (κ3) is 3.85. The van der Waals surface area contributed by atoms with Crippen molar-refractivity contribution in [3.63, 3.8) is 0 Å². The van der Waals surface area contributed by atoms with E-state index in [9.17, 15) is 13.2 Å². The molecule has 0 aliphatic carbocycles. The number of hydrogen-bond donors (Lipinski definition) is 1. The third-order valence-electron chi connectivity index (χ3n) is 3.43. The zero-order valence-corrected chi connectivity index (χ0v) is 14.1. The summed E-state index contributed by atoms with van der Waals surface area (Å²) in [6.07, 6.45) is -2.88. The lowest BCUT2D eigenvalue weighted by Crippen LogP contribution is -2.04. The SMILES string of the molecule is C/N=C/c1[nH]nnc1-c1ccc(Oc2cccc(C(F)(F)F)c2)c(Cl)c1. The highest BCUT2D eigenvalue weighted by Crippen LogP contribution is 2.36. The van der Waals surface area contributed by atoms with Gasteiger partial charge in [0.15, 0.2) is 0 Å². The van der Waals surface area contributed by atoms with Crippen LogP contribution in [0.25, 0.3) is 11.3 Å². The van der Waals surface area contributed by atoms with Gasteiger partial charge in [-0.3, -0.25) is 10.1 Å². The summed E-state index contributed by atoms with van der Waals surface area (Å²) < 4.78 is 43.9. The Labute approximate surface area is 151 Å². The maximum absolute atomic E-state index is 12.8. The molecule has 1 heterocycles. The lowest BCUT2D eigenvalue weighted by atomic mass is 10.1. The minimum atomic E-state index is -4.45. The number of aliphatic imine (C=N–C) groups is 1. The fourth-order valence-electron chi connectivity index (χ4n) is 2.26. The average Bonchev–Trinajstić information content (AvgIpc) is 3.05. The summed E-state index contributed by atoms with van der Waals surface area (Å²) in [7, 11) is 1.61. The summed E-state index contributed by atoms with van der Waals surface area (Å²) >= 11 is 6.22. The van der Waals surface area contributed by atoms with Gasteiger partial charge in [0.25, 0.3) is 0 Å². The van der Waals surface area contributed by atoms with Crippen LogP contribution in [0.1, 0.15) is 11.3 Å². The quantitative estimate of drug-likeness (QED) is 0.649. The Kier molecular flexibility index (Phi) is 4.94. The van der Waals surface area contributed by atoms with Crippen LogP contribution in [0.15, 0.2) is 47.5 Å². The van der Waals surface area contributed by atoms with Gasteiger partial charge in [-0.1, -0.05) is 22.9 Å². The van der Waals surface area contributed by atoms with Gasteiger partial charge in [0, 0.05) is 18.8 Å². The van der Waals surface area contributed by atoms with E-state index in [1.807, 2.05) is 0 Å². The van der Waals surface area contributed by atoms with Crippen molar-refractivity contribution in [1.29, 1.82) is 0 Å². The van der Waals surface area contributed by atoms with Crippen molar-refractivity contribution in [1.82, 2.24) is 15.4 Å². The van der Waals surface area contributed by atoms with Crippen LogP contribution in [-0.4, -0.2) is 28.7 Å². The molecule has 0 saturated heterocycles. The van der Waals surface area contributed by atoms with E-state index in [1.165, 1.54) is 12.1 Å². The minimum Gasteiger partial charge on any atom is -0.456 e. The van der Waals surface area contributed by atoms with Crippen LogP contribution in [0.5, 0.6) is 11.5 Å². The van der Waals surface area contributed by atoms with Gasteiger partial charge >= 0.3 is 6.18 Å². The van der Waals surface area contributed by atoms with Crippen LogP contribution in [0.3, 0.4) is 0 Å². The monoisotopic (exact) mass is 380 g/mol. The van der Waals surface area contributed by atoms with E-state index < -0.39 is 11.7 Å². The summed E-state index contributed by atoms with van der Waals surface area (Å²) in [5.74, 6) is 0.263. The molecular formula is C17H12ClF3N4O. The van der Waals surface area contributed by atoms with E-state index in [0.29, 0.717) is 17.0 Å². The van der Waals surface area contributed by atoms with Gasteiger partial charge in [0.05, 0.1) is 10.6 Å². The number of rotatable bonds is 4. The van der Waals surface area contributed by atoms with E-state index in [4.69, 9.17) is 16.3 Å². The molecule has 0 aliphatic heterocycles. The molecule has 9 heteroatoms. The summed E-state index contributed by atoms with van der Waals surface area (Å²) in [4.78, 5) is 3.90. The Morgan fingerprint density at radius 1 is 1.19 bits per heavy atom. The molecule has 3 rings (SSSR count). The van der Waals surface area contributed by atoms with Gasteiger partial charge < -0.3 is 4.74 Å². The minimum absolute atomic E-state index is 0.0368. The first-order valence-corrected chi connectivity index (χ1v) is 7.74. The fourth-order valence-corrected chi connectivity index (χ4v) is 2.48. The van der Waals surface area contributed by atoms with Crippen molar-refractivity contribution < 1.29 is 17.9 Å². The van der Waals surface area contributed by atoms with Crippen LogP contribution < -0.4 is 4.74 Å². The lowest BCUT2D eigenvalue weighted by molar-refractivity contribution is -0.137. The molecule has 1 aromatic heterocycles. The Hall–Kier alpha value is -2.87. The summed E-state index contributed by atoms with van der Waals surface area (Å²) in [6.45, 7) is 0. The van der Waals surface area contributed by atoms with Gasteiger partial charge in [-0.2, -0.15) is 13.2 Å².